The van der Waals surface area contributed by atoms with Gasteiger partial charge in [0.25, 0.3) is 0 Å². The minimum absolute atomic E-state index is 0. The Hall–Kier alpha value is -2.49. The number of piperazine rings is 1. The minimum Gasteiger partial charge on any atom is -0.488 e. The zero-order chi connectivity index (χ0) is 25.7. The Balaban J connectivity index is 0.00000380. The maximum absolute atomic E-state index is 12.5. The minimum atomic E-state index is -4.39. The molecule has 0 aliphatic carbocycles. The van der Waals surface area contributed by atoms with Gasteiger partial charge in [-0.05, 0) is 49.1 Å². The standard InChI is InChI=1S/C27H34F3N3O3.ClH/c1-20(17-22-7-8-24-23(18-22)9-10-33(24)21(2)34)32-13-11-31(12-14-32)15-16-35-25-5-3-4-6-26(25)36-19-27(28,29)30;/h3-8,18,20H,9-17,19H2,1-2H3;1H. The Kier molecular flexibility index (Phi) is 10.1. The molecule has 2 aliphatic rings. The molecule has 2 aromatic rings. The molecule has 204 valence electrons. The van der Waals surface area contributed by atoms with Gasteiger partial charge in [-0.2, -0.15) is 13.2 Å². The second kappa shape index (κ2) is 12.8. The maximum atomic E-state index is 12.5. The van der Waals surface area contributed by atoms with Crippen LogP contribution in [-0.2, 0) is 17.6 Å². The summed E-state index contributed by atoms with van der Waals surface area (Å²) in [7, 11) is 0. The van der Waals surface area contributed by atoms with Gasteiger partial charge in [-0.25, -0.2) is 0 Å². The summed E-state index contributed by atoms with van der Waals surface area (Å²) in [6, 6.07) is 13.3. The van der Waals surface area contributed by atoms with Crippen molar-refractivity contribution < 1.29 is 27.4 Å². The highest BCUT2D eigenvalue weighted by Gasteiger charge is 2.29. The summed E-state index contributed by atoms with van der Waals surface area (Å²) in [5.41, 5.74) is 3.60. The third-order valence-electron chi connectivity index (χ3n) is 6.89. The van der Waals surface area contributed by atoms with Gasteiger partial charge in [0.2, 0.25) is 5.91 Å². The molecule has 0 N–H and O–H groups in total. The van der Waals surface area contributed by atoms with E-state index >= 15 is 0 Å². The average Bonchev–Trinajstić information content (AvgIpc) is 3.27. The molecule has 4 rings (SSSR count). The van der Waals surface area contributed by atoms with Gasteiger partial charge in [0, 0.05) is 57.9 Å². The molecule has 2 aliphatic heterocycles. The summed E-state index contributed by atoms with van der Waals surface area (Å²) in [5.74, 6) is 0.529. The first kappa shape index (κ1) is 29.1. The number of rotatable bonds is 9. The highest BCUT2D eigenvalue weighted by Crippen LogP contribution is 2.30. The first-order chi connectivity index (χ1) is 17.2. The van der Waals surface area contributed by atoms with Crippen LogP contribution in [0.4, 0.5) is 18.9 Å². The highest BCUT2D eigenvalue weighted by molar-refractivity contribution is 5.93. The van der Waals surface area contributed by atoms with E-state index in [1.165, 1.54) is 17.2 Å². The van der Waals surface area contributed by atoms with Gasteiger partial charge < -0.3 is 14.4 Å². The van der Waals surface area contributed by atoms with Crippen LogP contribution in [0, 0.1) is 0 Å². The van der Waals surface area contributed by atoms with Crippen molar-refractivity contribution in [1.82, 2.24) is 9.80 Å². The van der Waals surface area contributed by atoms with Gasteiger partial charge in [0.05, 0.1) is 0 Å². The normalized spacial score (nSPS) is 17.2. The predicted octanol–water partition coefficient (Wildman–Crippen LogP) is 4.59. The molecule has 0 radical (unpaired) electrons. The van der Waals surface area contributed by atoms with Gasteiger partial charge >= 0.3 is 6.18 Å². The lowest BCUT2D eigenvalue weighted by molar-refractivity contribution is -0.153. The van der Waals surface area contributed by atoms with Crippen molar-refractivity contribution in [3.05, 3.63) is 53.6 Å². The van der Waals surface area contributed by atoms with E-state index in [0.717, 1.165) is 51.3 Å². The lowest BCUT2D eigenvalue weighted by Crippen LogP contribution is -2.50. The predicted molar refractivity (Wildman–Crippen MR) is 140 cm³/mol. The lowest BCUT2D eigenvalue weighted by atomic mass is 10.0. The van der Waals surface area contributed by atoms with Crippen molar-refractivity contribution in [2.75, 3.05) is 57.4 Å². The van der Waals surface area contributed by atoms with Crippen molar-refractivity contribution in [2.45, 2.75) is 38.9 Å². The molecule has 1 atom stereocenters. The number of fused-ring (bicyclic) bond motifs is 1. The van der Waals surface area contributed by atoms with Gasteiger partial charge in [-0.1, -0.05) is 24.3 Å². The molecular weight excluding hydrogens is 507 g/mol. The average molecular weight is 542 g/mol. The van der Waals surface area contributed by atoms with Gasteiger partial charge in [0.1, 0.15) is 6.61 Å². The fraction of sp³-hybridized carbons (Fsp3) is 0.519. The topological polar surface area (TPSA) is 45.3 Å². The van der Waals surface area contributed by atoms with Crippen LogP contribution < -0.4 is 14.4 Å². The van der Waals surface area contributed by atoms with Crippen molar-refractivity contribution in [2.24, 2.45) is 0 Å². The van der Waals surface area contributed by atoms with E-state index in [4.69, 9.17) is 9.47 Å². The summed E-state index contributed by atoms with van der Waals surface area (Å²) in [5, 5.41) is 0. The van der Waals surface area contributed by atoms with Crippen molar-refractivity contribution in [3.8, 4) is 11.5 Å². The van der Waals surface area contributed by atoms with Crippen LogP contribution in [0.5, 0.6) is 11.5 Å². The SMILES string of the molecule is CC(=O)N1CCc2cc(CC(C)N3CCN(CCOc4ccccc4OCC(F)(F)F)CC3)ccc21.Cl. The first-order valence-corrected chi connectivity index (χ1v) is 12.5. The van der Waals surface area contributed by atoms with E-state index < -0.39 is 12.8 Å². The van der Waals surface area contributed by atoms with Crippen LogP contribution in [0.2, 0.25) is 0 Å². The number of para-hydroxylation sites is 2. The summed E-state index contributed by atoms with van der Waals surface area (Å²) < 4.78 is 48.1. The second-order valence-electron chi connectivity index (χ2n) is 9.51. The van der Waals surface area contributed by atoms with E-state index in [9.17, 15) is 18.0 Å². The monoisotopic (exact) mass is 541 g/mol. The molecule has 1 amide bonds. The largest absolute Gasteiger partial charge is 0.488 e. The molecule has 6 nitrogen and oxygen atoms in total. The Bertz CT molecular complexity index is 1050. The molecular formula is C27H35ClF3N3O3. The molecule has 0 spiro atoms. The zero-order valence-corrected chi connectivity index (χ0v) is 22.1. The first-order valence-electron chi connectivity index (χ1n) is 12.5. The van der Waals surface area contributed by atoms with Gasteiger partial charge in [-0.3, -0.25) is 14.6 Å². The molecule has 1 unspecified atom stereocenters. The zero-order valence-electron chi connectivity index (χ0n) is 21.3. The smallest absolute Gasteiger partial charge is 0.422 e. The van der Waals surface area contributed by atoms with E-state index in [1.807, 2.05) is 4.90 Å². The molecule has 1 fully saturated rings. The molecule has 2 heterocycles. The molecule has 10 heteroatoms. The molecule has 1 saturated heterocycles. The number of hydrogen-bond donors (Lipinski definition) is 0. The number of benzene rings is 2. The van der Waals surface area contributed by atoms with Crippen molar-refractivity contribution in [1.29, 1.82) is 0 Å². The Morgan fingerprint density at radius 2 is 1.68 bits per heavy atom. The number of amides is 1. The van der Waals surface area contributed by atoms with Crippen LogP contribution in [0.25, 0.3) is 0 Å². The summed E-state index contributed by atoms with van der Waals surface area (Å²) in [6.07, 6.45) is -2.51. The fourth-order valence-electron chi connectivity index (χ4n) is 4.94. The summed E-state index contributed by atoms with van der Waals surface area (Å²) in [4.78, 5) is 18.4. The van der Waals surface area contributed by atoms with E-state index in [0.29, 0.717) is 24.9 Å². The number of halogens is 4. The Labute approximate surface area is 222 Å². The molecule has 0 saturated carbocycles. The van der Waals surface area contributed by atoms with Crippen LogP contribution in [0.1, 0.15) is 25.0 Å². The van der Waals surface area contributed by atoms with Crippen LogP contribution in [0.3, 0.4) is 0 Å². The van der Waals surface area contributed by atoms with Gasteiger partial charge in [0.15, 0.2) is 18.1 Å². The van der Waals surface area contributed by atoms with E-state index in [2.05, 4.69) is 34.9 Å². The van der Waals surface area contributed by atoms with Crippen molar-refractivity contribution >= 4 is 24.0 Å². The molecule has 0 bridgehead atoms. The number of ether oxygens (including phenoxy) is 2. The number of carbonyl (C=O) groups excluding carboxylic acids is 1. The van der Waals surface area contributed by atoms with Crippen LogP contribution >= 0.6 is 12.4 Å². The molecule has 37 heavy (non-hydrogen) atoms. The van der Waals surface area contributed by atoms with Crippen LogP contribution in [0.15, 0.2) is 42.5 Å². The molecule has 2 aromatic carbocycles. The second-order valence-corrected chi connectivity index (χ2v) is 9.51. The van der Waals surface area contributed by atoms with E-state index in [1.54, 1.807) is 25.1 Å². The number of alkyl halides is 3. The lowest BCUT2D eigenvalue weighted by Gasteiger charge is -2.38. The fourth-order valence-corrected chi connectivity index (χ4v) is 4.94. The highest BCUT2D eigenvalue weighted by atomic mass is 35.5. The summed E-state index contributed by atoms with van der Waals surface area (Å²) in [6.45, 7) is 8.12. The Morgan fingerprint density at radius 1 is 1.00 bits per heavy atom. The number of nitrogens with zero attached hydrogens (tertiary/aromatic N) is 3. The van der Waals surface area contributed by atoms with Gasteiger partial charge in [-0.15, -0.1) is 12.4 Å². The van der Waals surface area contributed by atoms with Crippen LogP contribution in [-0.4, -0.2) is 80.4 Å². The molecule has 0 aromatic heterocycles. The quantitative estimate of drug-likeness (QED) is 0.465. The Morgan fingerprint density at radius 3 is 2.32 bits per heavy atom. The number of hydrogen-bond acceptors (Lipinski definition) is 5. The third kappa shape index (κ3) is 7.99. The van der Waals surface area contributed by atoms with Crippen molar-refractivity contribution in [3.63, 3.8) is 0 Å². The number of carbonyl (C=O) groups is 1. The maximum Gasteiger partial charge on any atom is 0.422 e. The summed E-state index contributed by atoms with van der Waals surface area (Å²) >= 11 is 0. The number of anilines is 1. The van der Waals surface area contributed by atoms with E-state index in [-0.39, 0.29) is 24.1 Å². The third-order valence-corrected chi connectivity index (χ3v) is 6.89.